The SMILES string of the molecule is CCN(Cc1cccc(F)c1)C(=O)C(=O)c1c(C)nn(-c2ccccc2)c1C. The fraction of sp³-hybridized carbons (Fsp3) is 0.227. The maximum atomic E-state index is 13.4. The van der Waals surface area contributed by atoms with Gasteiger partial charge in [0, 0.05) is 13.1 Å². The molecule has 0 fully saturated rings. The Balaban J connectivity index is 1.88. The molecule has 0 spiro atoms. The van der Waals surface area contributed by atoms with Gasteiger partial charge in [0.1, 0.15) is 5.82 Å². The Labute approximate surface area is 163 Å². The first-order valence-electron chi connectivity index (χ1n) is 9.12. The number of aryl methyl sites for hydroxylation is 1. The summed E-state index contributed by atoms with van der Waals surface area (Å²) >= 11 is 0. The highest BCUT2D eigenvalue weighted by atomic mass is 19.1. The summed E-state index contributed by atoms with van der Waals surface area (Å²) in [4.78, 5) is 27.2. The molecule has 0 saturated carbocycles. The van der Waals surface area contributed by atoms with E-state index in [2.05, 4.69) is 5.10 Å². The Morgan fingerprint density at radius 2 is 1.79 bits per heavy atom. The van der Waals surface area contributed by atoms with E-state index in [-0.39, 0.29) is 12.4 Å². The molecule has 0 bridgehead atoms. The number of carbonyl (C=O) groups excluding carboxylic acids is 2. The lowest BCUT2D eigenvalue weighted by Gasteiger charge is -2.20. The second-order valence-corrected chi connectivity index (χ2v) is 6.57. The predicted molar refractivity (Wildman–Crippen MR) is 105 cm³/mol. The van der Waals surface area contributed by atoms with Gasteiger partial charge in [-0.3, -0.25) is 9.59 Å². The first-order valence-corrected chi connectivity index (χ1v) is 9.12. The van der Waals surface area contributed by atoms with Gasteiger partial charge >= 0.3 is 0 Å². The van der Waals surface area contributed by atoms with Crippen LogP contribution >= 0.6 is 0 Å². The summed E-state index contributed by atoms with van der Waals surface area (Å²) in [5, 5.41) is 4.44. The normalized spacial score (nSPS) is 10.7. The number of likely N-dealkylation sites (N-methyl/N-ethyl adjacent to an activating group) is 1. The van der Waals surface area contributed by atoms with E-state index < -0.39 is 11.7 Å². The molecule has 5 nitrogen and oxygen atoms in total. The number of Topliss-reactive ketones (excluding diaryl/α,β-unsaturated/α-hetero) is 1. The summed E-state index contributed by atoms with van der Waals surface area (Å²) in [5.74, 6) is -1.59. The number of amides is 1. The van der Waals surface area contributed by atoms with Crippen molar-refractivity contribution in [1.82, 2.24) is 14.7 Å². The summed E-state index contributed by atoms with van der Waals surface area (Å²) in [5.41, 5.74) is 2.88. The Kier molecular flexibility index (Phi) is 5.68. The summed E-state index contributed by atoms with van der Waals surface area (Å²) < 4.78 is 15.1. The number of benzene rings is 2. The molecule has 3 rings (SSSR count). The van der Waals surface area contributed by atoms with Crippen LogP contribution in [0.5, 0.6) is 0 Å². The third kappa shape index (κ3) is 3.86. The van der Waals surface area contributed by atoms with E-state index in [0.29, 0.717) is 29.1 Å². The molecule has 1 amide bonds. The van der Waals surface area contributed by atoms with Gasteiger partial charge in [-0.15, -0.1) is 0 Å². The van der Waals surface area contributed by atoms with Crippen molar-refractivity contribution in [2.24, 2.45) is 0 Å². The number of aromatic nitrogens is 2. The van der Waals surface area contributed by atoms with E-state index in [4.69, 9.17) is 0 Å². The summed E-state index contributed by atoms with van der Waals surface area (Å²) in [6, 6.07) is 15.5. The molecular weight excluding hydrogens is 357 g/mol. The Bertz CT molecular complexity index is 1010. The largest absolute Gasteiger partial charge is 0.332 e. The van der Waals surface area contributed by atoms with Crippen LogP contribution in [-0.2, 0) is 11.3 Å². The van der Waals surface area contributed by atoms with E-state index >= 15 is 0 Å². The molecule has 6 heteroatoms. The van der Waals surface area contributed by atoms with Gasteiger partial charge in [-0.2, -0.15) is 5.10 Å². The van der Waals surface area contributed by atoms with E-state index in [1.165, 1.54) is 17.0 Å². The molecule has 28 heavy (non-hydrogen) atoms. The topological polar surface area (TPSA) is 55.2 Å². The zero-order valence-electron chi connectivity index (χ0n) is 16.1. The average Bonchev–Trinajstić information content (AvgIpc) is 3.00. The molecule has 0 aliphatic heterocycles. The van der Waals surface area contributed by atoms with E-state index in [0.717, 1.165) is 5.69 Å². The number of ketones is 1. The number of para-hydroxylation sites is 1. The molecule has 0 unspecified atom stereocenters. The fourth-order valence-corrected chi connectivity index (χ4v) is 3.23. The van der Waals surface area contributed by atoms with Crippen LogP contribution in [0.1, 0.15) is 34.2 Å². The third-order valence-electron chi connectivity index (χ3n) is 4.64. The Hall–Kier alpha value is -3.28. The van der Waals surface area contributed by atoms with Crippen LogP contribution in [0, 0.1) is 19.7 Å². The van der Waals surface area contributed by atoms with Gasteiger partial charge in [-0.05, 0) is 50.6 Å². The maximum Gasteiger partial charge on any atom is 0.295 e. The highest BCUT2D eigenvalue weighted by Gasteiger charge is 2.28. The molecule has 144 valence electrons. The Morgan fingerprint density at radius 3 is 2.43 bits per heavy atom. The molecule has 1 aromatic heterocycles. The van der Waals surface area contributed by atoms with Crippen LogP contribution in [0.4, 0.5) is 4.39 Å². The first-order chi connectivity index (χ1) is 13.4. The molecular formula is C22H22FN3O2. The van der Waals surface area contributed by atoms with Crippen molar-refractivity contribution < 1.29 is 14.0 Å². The number of rotatable bonds is 6. The summed E-state index contributed by atoms with van der Waals surface area (Å²) in [6.07, 6.45) is 0. The molecule has 0 aliphatic rings. The van der Waals surface area contributed by atoms with Gasteiger partial charge in [-0.1, -0.05) is 30.3 Å². The fourth-order valence-electron chi connectivity index (χ4n) is 3.23. The average molecular weight is 379 g/mol. The van der Waals surface area contributed by atoms with Gasteiger partial charge < -0.3 is 4.90 Å². The van der Waals surface area contributed by atoms with Crippen LogP contribution in [0.3, 0.4) is 0 Å². The van der Waals surface area contributed by atoms with Crippen LogP contribution in [0.25, 0.3) is 5.69 Å². The highest BCUT2D eigenvalue weighted by molar-refractivity contribution is 6.43. The van der Waals surface area contributed by atoms with Gasteiger partial charge in [0.15, 0.2) is 0 Å². The second kappa shape index (κ2) is 8.17. The molecule has 0 radical (unpaired) electrons. The maximum absolute atomic E-state index is 13.4. The second-order valence-electron chi connectivity index (χ2n) is 6.57. The number of hydrogen-bond donors (Lipinski definition) is 0. The zero-order valence-corrected chi connectivity index (χ0v) is 16.1. The minimum absolute atomic E-state index is 0.170. The standard InChI is InChI=1S/C22H22FN3O2/c1-4-25(14-17-9-8-10-18(23)13-17)22(28)21(27)20-15(2)24-26(16(20)3)19-11-6-5-7-12-19/h5-13H,4,14H2,1-3H3. The predicted octanol–water partition coefficient (Wildman–Crippen LogP) is 3.86. The lowest BCUT2D eigenvalue weighted by atomic mass is 10.1. The van der Waals surface area contributed by atoms with Crippen molar-refractivity contribution in [2.75, 3.05) is 6.54 Å². The van der Waals surface area contributed by atoms with Crippen LogP contribution in [0.2, 0.25) is 0 Å². The minimum atomic E-state index is -0.620. The monoisotopic (exact) mass is 379 g/mol. The third-order valence-corrected chi connectivity index (χ3v) is 4.64. The van der Waals surface area contributed by atoms with Crippen molar-refractivity contribution in [3.63, 3.8) is 0 Å². The quantitative estimate of drug-likeness (QED) is 0.483. The van der Waals surface area contributed by atoms with Crippen molar-refractivity contribution >= 4 is 11.7 Å². The number of carbonyl (C=O) groups is 2. The summed E-state index contributed by atoms with van der Waals surface area (Å²) in [7, 11) is 0. The molecule has 0 saturated heterocycles. The van der Waals surface area contributed by atoms with E-state index in [1.54, 1.807) is 37.6 Å². The van der Waals surface area contributed by atoms with Crippen LogP contribution < -0.4 is 0 Å². The highest BCUT2D eigenvalue weighted by Crippen LogP contribution is 2.20. The van der Waals surface area contributed by atoms with Crippen molar-refractivity contribution in [1.29, 1.82) is 0 Å². The number of halogens is 1. The van der Waals surface area contributed by atoms with Gasteiger partial charge in [0.25, 0.3) is 11.7 Å². The van der Waals surface area contributed by atoms with Gasteiger partial charge in [0.2, 0.25) is 0 Å². The molecule has 0 atom stereocenters. The lowest BCUT2D eigenvalue weighted by molar-refractivity contribution is -0.126. The van der Waals surface area contributed by atoms with Crippen molar-refractivity contribution in [3.05, 3.63) is 82.9 Å². The molecule has 1 heterocycles. The molecule has 3 aromatic rings. The summed E-state index contributed by atoms with van der Waals surface area (Å²) in [6.45, 7) is 5.79. The molecule has 2 aromatic carbocycles. The minimum Gasteiger partial charge on any atom is -0.332 e. The first kappa shape index (κ1) is 19.5. The van der Waals surface area contributed by atoms with Gasteiger partial charge in [-0.25, -0.2) is 9.07 Å². The smallest absolute Gasteiger partial charge is 0.295 e. The van der Waals surface area contributed by atoms with Crippen LogP contribution in [-0.4, -0.2) is 32.9 Å². The van der Waals surface area contributed by atoms with Crippen molar-refractivity contribution in [2.45, 2.75) is 27.3 Å². The molecule has 0 aliphatic carbocycles. The number of nitrogens with zero attached hydrogens (tertiary/aromatic N) is 3. The zero-order chi connectivity index (χ0) is 20.3. The van der Waals surface area contributed by atoms with E-state index in [1.807, 2.05) is 30.3 Å². The number of hydrogen-bond acceptors (Lipinski definition) is 3. The van der Waals surface area contributed by atoms with Crippen molar-refractivity contribution in [3.8, 4) is 5.69 Å². The van der Waals surface area contributed by atoms with E-state index in [9.17, 15) is 14.0 Å². The van der Waals surface area contributed by atoms with Crippen LogP contribution in [0.15, 0.2) is 54.6 Å². The van der Waals surface area contributed by atoms with Gasteiger partial charge in [0.05, 0.1) is 22.6 Å². The lowest BCUT2D eigenvalue weighted by Crippen LogP contribution is -2.36. The molecule has 0 N–H and O–H groups in total. The Morgan fingerprint density at radius 1 is 1.07 bits per heavy atom.